The number of halogens is 1. The SMILES string of the molecule is N=C(N)N1CCCC(C(=O)Nc2cccc(OCc3ccc(F)cc3)c2)C1. The largest absolute Gasteiger partial charge is 0.489 e. The van der Waals surface area contributed by atoms with Crippen molar-refractivity contribution in [2.75, 3.05) is 18.4 Å². The summed E-state index contributed by atoms with van der Waals surface area (Å²) < 4.78 is 18.7. The smallest absolute Gasteiger partial charge is 0.229 e. The minimum atomic E-state index is -0.283. The van der Waals surface area contributed by atoms with Gasteiger partial charge in [0.1, 0.15) is 18.2 Å². The molecule has 1 aliphatic rings. The Hall–Kier alpha value is -3.09. The summed E-state index contributed by atoms with van der Waals surface area (Å²) in [4.78, 5) is 14.3. The molecule has 0 bridgehead atoms. The summed E-state index contributed by atoms with van der Waals surface area (Å²) in [5.74, 6) is 0.0485. The number of nitrogens with two attached hydrogens (primary N) is 1. The van der Waals surface area contributed by atoms with Gasteiger partial charge < -0.3 is 20.7 Å². The van der Waals surface area contributed by atoms with E-state index < -0.39 is 0 Å². The van der Waals surface area contributed by atoms with E-state index in [0.717, 1.165) is 18.4 Å². The Bertz CT molecular complexity index is 810. The molecule has 0 radical (unpaired) electrons. The van der Waals surface area contributed by atoms with E-state index in [1.165, 1.54) is 12.1 Å². The Morgan fingerprint density at radius 3 is 2.81 bits per heavy atom. The third kappa shape index (κ3) is 5.20. The Kier molecular flexibility index (Phi) is 5.90. The molecule has 2 aromatic carbocycles. The van der Waals surface area contributed by atoms with Crippen LogP contribution in [-0.4, -0.2) is 29.9 Å². The fraction of sp³-hybridized carbons (Fsp3) is 0.300. The molecule has 7 heteroatoms. The van der Waals surface area contributed by atoms with Crippen LogP contribution in [0.5, 0.6) is 5.75 Å². The highest BCUT2D eigenvalue weighted by molar-refractivity contribution is 5.93. The normalized spacial score (nSPS) is 16.6. The highest BCUT2D eigenvalue weighted by Gasteiger charge is 2.26. The van der Waals surface area contributed by atoms with Gasteiger partial charge in [-0.2, -0.15) is 0 Å². The third-order valence-electron chi connectivity index (χ3n) is 4.55. The molecule has 6 nitrogen and oxygen atoms in total. The maximum atomic E-state index is 12.9. The number of hydrogen-bond donors (Lipinski definition) is 3. The number of amides is 1. The second kappa shape index (κ2) is 8.53. The fourth-order valence-electron chi connectivity index (χ4n) is 3.07. The molecule has 27 heavy (non-hydrogen) atoms. The number of anilines is 1. The quantitative estimate of drug-likeness (QED) is 0.557. The lowest BCUT2D eigenvalue weighted by molar-refractivity contribution is -0.121. The van der Waals surface area contributed by atoms with Crippen molar-refractivity contribution < 1.29 is 13.9 Å². The molecule has 0 saturated carbocycles. The van der Waals surface area contributed by atoms with Gasteiger partial charge >= 0.3 is 0 Å². The predicted molar refractivity (Wildman–Crippen MR) is 102 cm³/mol. The molecule has 1 aliphatic heterocycles. The monoisotopic (exact) mass is 370 g/mol. The number of nitrogens with one attached hydrogen (secondary N) is 2. The summed E-state index contributed by atoms with van der Waals surface area (Å²) in [6.45, 7) is 1.49. The number of hydrogen-bond acceptors (Lipinski definition) is 3. The van der Waals surface area contributed by atoms with Crippen LogP contribution >= 0.6 is 0 Å². The van der Waals surface area contributed by atoms with E-state index in [4.69, 9.17) is 15.9 Å². The zero-order chi connectivity index (χ0) is 19.2. The van der Waals surface area contributed by atoms with Crippen molar-refractivity contribution in [3.8, 4) is 5.75 Å². The second-order valence-corrected chi connectivity index (χ2v) is 6.60. The van der Waals surface area contributed by atoms with Crippen LogP contribution in [0.4, 0.5) is 10.1 Å². The van der Waals surface area contributed by atoms with Gasteiger partial charge in [0.05, 0.1) is 5.92 Å². The summed E-state index contributed by atoms with van der Waals surface area (Å²) in [6.07, 6.45) is 1.61. The first-order chi connectivity index (χ1) is 13.0. The van der Waals surface area contributed by atoms with Crippen molar-refractivity contribution in [1.29, 1.82) is 5.41 Å². The van der Waals surface area contributed by atoms with Crippen LogP contribution in [0.25, 0.3) is 0 Å². The number of piperidine rings is 1. The molecule has 1 unspecified atom stereocenters. The van der Waals surface area contributed by atoms with Gasteiger partial charge in [0.15, 0.2) is 5.96 Å². The molecule has 1 amide bonds. The van der Waals surface area contributed by atoms with Crippen LogP contribution < -0.4 is 15.8 Å². The molecule has 0 aliphatic carbocycles. The first-order valence-corrected chi connectivity index (χ1v) is 8.88. The van der Waals surface area contributed by atoms with Gasteiger partial charge in [0.25, 0.3) is 0 Å². The number of nitrogens with zero attached hydrogens (tertiary/aromatic N) is 1. The van der Waals surface area contributed by atoms with Gasteiger partial charge in [0, 0.05) is 24.8 Å². The fourth-order valence-corrected chi connectivity index (χ4v) is 3.07. The molecule has 1 fully saturated rings. The van der Waals surface area contributed by atoms with Crippen LogP contribution in [0.1, 0.15) is 18.4 Å². The zero-order valence-electron chi connectivity index (χ0n) is 15.0. The number of carbonyl (C=O) groups is 1. The van der Waals surface area contributed by atoms with E-state index in [1.807, 2.05) is 0 Å². The van der Waals surface area contributed by atoms with Gasteiger partial charge in [-0.05, 0) is 42.7 Å². The topological polar surface area (TPSA) is 91.4 Å². The Morgan fingerprint density at radius 1 is 1.30 bits per heavy atom. The molecule has 1 heterocycles. The lowest BCUT2D eigenvalue weighted by Gasteiger charge is -2.32. The number of ether oxygens (including phenoxy) is 1. The van der Waals surface area contributed by atoms with E-state index in [0.29, 0.717) is 31.1 Å². The third-order valence-corrected chi connectivity index (χ3v) is 4.55. The van der Waals surface area contributed by atoms with Crippen molar-refractivity contribution in [3.05, 3.63) is 59.9 Å². The Balaban J connectivity index is 1.57. The van der Waals surface area contributed by atoms with Crippen LogP contribution in [0.2, 0.25) is 0 Å². The molecule has 2 aromatic rings. The van der Waals surface area contributed by atoms with Crippen LogP contribution in [0, 0.1) is 17.1 Å². The van der Waals surface area contributed by atoms with E-state index >= 15 is 0 Å². The second-order valence-electron chi connectivity index (χ2n) is 6.60. The Labute approximate surface area is 157 Å². The average Bonchev–Trinajstić information content (AvgIpc) is 2.68. The van der Waals surface area contributed by atoms with Crippen LogP contribution in [0.15, 0.2) is 48.5 Å². The predicted octanol–water partition coefficient (Wildman–Crippen LogP) is 2.95. The highest BCUT2D eigenvalue weighted by Crippen LogP contribution is 2.22. The molecule has 4 N–H and O–H groups in total. The molecule has 1 atom stereocenters. The highest BCUT2D eigenvalue weighted by atomic mass is 19.1. The van der Waals surface area contributed by atoms with Crippen molar-refractivity contribution in [2.45, 2.75) is 19.4 Å². The standard InChI is InChI=1S/C20H23FN4O2/c21-16-8-6-14(7-9-16)13-27-18-5-1-4-17(11-18)24-19(26)15-3-2-10-25(12-15)20(22)23/h1,4-9,11,15H,2-3,10,12-13H2,(H3,22,23)(H,24,26). The lowest BCUT2D eigenvalue weighted by Crippen LogP contribution is -2.46. The van der Waals surface area contributed by atoms with Crippen LogP contribution in [0.3, 0.4) is 0 Å². The summed E-state index contributed by atoms with van der Waals surface area (Å²) in [6, 6.07) is 13.3. The van der Waals surface area contributed by atoms with E-state index in [1.54, 1.807) is 41.3 Å². The minimum Gasteiger partial charge on any atom is -0.489 e. The van der Waals surface area contributed by atoms with E-state index in [2.05, 4.69) is 5.32 Å². The van der Waals surface area contributed by atoms with Crippen molar-refractivity contribution in [2.24, 2.45) is 11.7 Å². The minimum absolute atomic E-state index is 0.00342. The Morgan fingerprint density at radius 2 is 2.07 bits per heavy atom. The molecule has 1 saturated heterocycles. The number of rotatable bonds is 5. The number of benzene rings is 2. The molecular weight excluding hydrogens is 347 g/mol. The van der Waals surface area contributed by atoms with Crippen LogP contribution in [-0.2, 0) is 11.4 Å². The summed E-state index contributed by atoms with van der Waals surface area (Å²) >= 11 is 0. The van der Waals surface area contributed by atoms with Gasteiger partial charge in [-0.1, -0.05) is 18.2 Å². The summed E-state index contributed by atoms with van der Waals surface area (Å²) in [5, 5.41) is 10.4. The van der Waals surface area contributed by atoms with Gasteiger partial charge in [-0.25, -0.2) is 4.39 Å². The van der Waals surface area contributed by atoms with Gasteiger partial charge in [-0.3, -0.25) is 10.2 Å². The molecular formula is C20H23FN4O2. The zero-order valence-corrected chi connectivity index (χ0v) is 15.0. The van der Waals surface area contributed by atoms with Crippen molar-refractivity contribution in [3.63, 3.8) is 0 Å². The van der Waals surface area contributed by atoms with E-state index in [9.17, 15) is 9.18 Å². The van der Waals surface area contributed by atoms with Crippen molar-refractivity contribution in [1.82, 2.24) is 4.90 Å². The van der Waals surface area contributed by atoms with Crippen molar-refractivity contribution >= 4 is 17.6 Å². The summed E-state index contributed by atoms with van der Waals surface area (Å²) in [7, 11) is 0. The molecule has 0 aromatic heterocycles. The first kappa shape index (κ1) is 18.7. The first-order valence-electron chi connectivity index (χ1n) is 8.88. The average molecular weight is 370 g/mol. The number of guanidine groups is 1. The maximum absolute atomic E-state index is 12.9. The summed E-state index contributed by atoms with van der Waals surface area (Å²) in [5.41, 5.74) is 7.04. The molecule has 3 rings (SSSR count). The van der Waals surface area contributed by atoms with E-state index in [-0.39, 0.29) is 23.6 Å². The number of carbonyl (C=O) groups excluding carboxylic acids is 1. The lowest BCUT2D eigenvalue weighted by atomic mass is 9.97. The van der Waals surface area contributed by atoms with Gasteiger partial charge in [-0.15, -0.1) is 0 Å². The molecule has 142 valence electrons. The number of likely N-dealkylation sites (tertiary alicyclic amines) is 1. The maximum Gasteiger partial charge on any atom is 0.229 e. The molecule has 0 spiro atoms. The van der Waals surface area contributed by atoms with Gasteiger partial charge in [0.2, 0.25) is 5.91 Å².